The Bertz CT molecular complexity index is 1020. The lowest BCUT2D eigenvalue weighted by atomic mass is 9.79. The van der Waals surface area contributed by atoms with Gasteiger partial charge in [0.15, 0.2) is 17.1 Å². The first-order valence-corrected chi connectivity index (χ1v) is 15.3. The summed E-state index contributed by atoms with van der Waals surface area (Å²) >= 11 is 0. The maximum atomic E-state index is 12.5. The maximum absolute atomic E-state index is 12.5. The van der Waals surface area contributed by atoms with Gasteiger partial charge in [-0.25, -0.2) is 9.59 Å². The Hall–Kier alpha value is -3.11. The molecule has 10 heteroatoms. The van der Waals surface area contributed by atoms with Crippen molar-refractivity contribution in [2.24, 2.45) is 0 Å². The Kier molecular flexibility index (Phi) is 15.4. The van der Waals surface area contributed by atoms with E-state index in [0.29, 0.717) is 12.0 Å². The van der Waals surface area contributed by atoms with Gasteiger partial charge >= 0.3 is 17.9 Å². The van der Waals surface area contributed by atoms with Crippen molar-refractivity contribution < 1.29 is 49.4 Å². The molecule has 0 aromatic heterocycles. The van der Waals surface area contributed by atoms with Gasteiger partial charge in [0.2, 0.25) is 0 Å². The molecule has 1 aliphatic carbocycles. The van der Waals surface area contributed by atoms with E-state index in [1.54, 1.807) is 0 Å². The first kappa shape index (κ1) is 35.1. The topological polar surface area (TPSA) is 171 Å². The molecule has 0 spiro atoms. The zero-order valence-electron chi connectivity index (χ0n) is 24.7. The fourth-order valence-corrected chi connectivity index (χ4v) is 5.14. The number of aliphatic hydroxyl groups excluding tert-OH is 1. The van der Waals surface area contributed by atoms with Crippen LogP contribution < -0.4 is 0 Å². The second-order valence-electron chi connectivity index (χ2n) is 11.3. The molecule has 42 heavy (non-hydrogen) atoms. The van der Waals surface area contributed by atoms with Crippen LogP contribution >= 0.6 is 0 Å². The van der Waals surface area contributed by atoms with Crippen LogP contribution in [-0.2, 0) is 23.9 Å². The largest absolute Gasteiger partial charge is 0.504 e. The highest BCUT2D eigenvalue weighted by Gasteiger charge is 2.52. The van der Waals surface area contributed by atoms with Gasteiger partial charge in [-0.1, -0.05) is 90.0 Å². The second-order valence-corrected chi connectivity index (χ2v) is 11.3. The highest BCUT2D eigenvalue weighted by atomic mass is 16.6. The van der Waals surface area contributed by atoms with Gasteiger partial charge in [0.1, 0.15) is 18.3 Å². The summed E-state index contributed by atoms with van der Waals surface area (Å²) in [5.74, 6) is -3.86. The van der Waals surface area contributed by atoms with Gasteiger partial charge in [-0.3, -0.25) is 4.79 Å². The number of phenolic OH excluding ortho intramolecular Hbond substituents is 2. The number of esters is 2. The van der Waals surface area contributed by atoms with Crippen LogP contribution in [0.4, 0.5) is 0 Å². The van der Waals surface area contributed by atoms with Gasteiger partial charge in [0.25, 0.3) is 0 Å². The van der Waals surface area contributed by atoms with Crippen molar-refractivity contribution in [1.82, 2.24) is 0 Å². The SMILES string of the molecule is CCCCCCCCCCCCCCCC(=O)O[C@@H]1C[C@@](O)(C(=O)O)C[C@@H](OC(=O)/C=C/c2ccc(O)c(O)c2)[C@@H]1O. The third-order valence-electron chi connectivity index (χ3n) is 7.68. The number of carboxylic acid groups (broad SMARTS) is 1. The Morgan fingerprint density at radius 3 is 1.88 bits per heavy atom. The molecule has 1 aromatic carbocycles. The molecular weight excluding hydrogens is 544 g/mol. The van der Waals surface area contributed by atoms with Crippen molar-refractivity contribution in [3.63, 3.8) is 0 Å². The van der Waals surface area contributed by atoms with Gasteiger partial charge < -0.3 is 35.0 Å². The number of aliphatic hydroxyl groups is 2. The fraction of sp³-hybridized carbons (Fsp3) is 0.656. The van der Waals surface area contributed by atoms with Crippen LogP contribution in [0.15, 0.2) is 24.3 Å². The Balaban J connectivity index is 1.76. The predicted octanol–water partition coefficient (Wildman–Crippen LogP) is 5.39. The van der Waals surface area contributed by atoms with E-state index in [1.807, 2.05) is 0 Å². The molecule has 1 aromatic rings. The fourth-order valence-electron chi connectivity index (χ4n) is 5.14. The highest BCUT2D eigenvalue weighted by Crippen LogP contribution is 2.33. The number of hydrogen-bond donors (Lipinski definition) is 5. The second kappa shape index (κ2) is 18.4. The van der Waals surface area contributed by atoms with E-state index in [4.69, 9.17) is 9.47 Å². The average molecular weight is 593 g/mol. The van der Waals surface area contributed by atoms with Crippen LogP contribution in [0.25, 0.3) is 6.08 Å². The number of hydrogen-bond acceptors (Lipinski definition) is 9. The molecular formula is C32H48O10. The number of carbonyl (C=O) groups excluding carboxylic acids is 2. The van der Waals surface area contributed by atoms with Gasteiger partial charge in [0, 0.05) is 25.3 Å². The van der Waals surface area contributed by atoms with E-state index in [9.17, 15) is 39.9 Å². The summed E-state index contributed by atoms with van der Waals surface area (Å²) in [6.07, 6.45) is 12.0. The van der Waals surface area contributed by atoms with Crippen LogP contribution in [0, 0.1) is 0 Å². The van der Waals surface area contributed by atoms with Crippen molar-refractivity contribution in [2.75, 3.05) is 0 Å². The van der Waals surface area contributed by atoms with Crippen LogP contribution in [0.2, 0.25) is 0 Å². The Morgan fingerprint density at radius 2 is 1.36 bits per heavy atom. The zero-order chi connectivity index (χ0) is 31.0. The molecule has 236 valence electrons. The van der Waals surface area contributed by atoms with Crippen LogP contribution in [0.3, 0.4) is 0 Å². The molecule has 1 aliphatic rings. The van der Waals surface area contributed by atoms with Crippen molar-refractivity contribution in [2.45, 2.75) is 134 Å². The minimum absolute atomic E-state index is 0.0964. The first-order valence-electron chi connectivity index (χ1n) is 15.3. The molecule has 10 nitrogen and oxygen atoms in total. The number of carbonyl (C=O) groups is 3. The first-order chi connectivity index (χ1) is 20.1. The lowest BCUT2D eigenvalue weighted by Gasteiger charge is -2.40. The lowest BCUT2D eigenvalue weighted by Crippen LogP contribution is -2.58. The summed E-state index contributed by atoms with van der Waals surface area (Å²) in [7, 11) is 0. The summed E-state index contributed by atoms with van der Waals surface area (Å²) in [5, 5.41) is 49.9. The molecule has 4 atom stereocenters. The summed E-state index contributed by atoms with van der Waals surface area (Å²) < 4.78 is 10.6. The number of carboxylic acids is 1. The maximum Gasteiger partial charge on any atom is 0.335 e. The van der Waals surface area contributed by atoms with E-state index in [-0.39, 0.29) is 17.9 Å². The number of aromatic hydroxyl groups is 2. The van der Waals surface area contributed by atoms with Gasteiger partial charge in [-0.2, -0.15) is 0 Å². The van der Waals surface area contributed by atoms with Crippen LogP contribution in [0.5, 0.6) is 11.5 Å². The molecule has 1 saturated carbocycles. The molecule has 1 fully saturated rings. The van der Waals surface area contributed by atoms with E-state index < -0.39 is 54.7 Å². The van der Waals surface area contributed by atoms with E-state index in [2.05, 4.69) is 6.92 Å². The predicted molar refractivity (Wildman–Crippen MR) is 157 cm³/mol. The lowest BCUT2D eigenvalue weighted by molar-refractivity contribution is -0.205. The molecule has 0 radical (unpaired) electrons. The molecule has 0 heterocycles. The molecule has 5 N–H and O–H groups in total. The normalized spacial score (nSPS) is 22.2. The molecule has 0 bridgehead atoms. The molecule has 0 unspecified atom stereocenters. The van der Waals surface area contributed by atoms with Crippen molar-refractivity contribution in [1.29, 1.82) is 0 Å². The number of rotatable bonds is 19. The Labute approximate surface area is 248 Å². The van der Waals surface area contributed by atoms with Crippen LogP contribution in [-0.4, -0.2) is 67.4 Å². The number of unbranched alkanes of at least 4 members (excludes halogenated alkanes) is 12. The molecule has 0 saturated heterocycles. The minimum Gasteiger partial charge on any atom is -0.504 e. The van der Waals surface area contributed by atoms with Crippen LogP contribution in [0.1, 0.15) is 115 Å². The highest BCUT2D eigenvalue weighted by molar-refractivity contribution is 5.87. The third-order valence-corrected chi connectivity index (χ3v) is 7.68. The summed E-state index contributed by atoms with van der Waals surface area (Å²) in [4.78, 5) is 36.6. The van der Waals surface area contributed by atoms with Crippen molar-refractivity contribution in [3.8, 4) is 11.5 Å². The quantitative estimate of drug-likeness (QED) is 0.0607. The third kappa shape index (κ3) is 12.4. The minimum atomic E-state index is -2.36. The van der Waals surface area contributed by atoms with E-state index >= 15 is 0 Å². The Morgan fingerprint density at radius 1 is 0.833 bits per heavy atom. The smallest absolute Gasteiger partial charge is 0.335 e. The number of benzene rings is 1. The van der Waals surface area contributed by atoms with Gasteiger partial charge in [-0.15, -0.1) is 0 Å². The van der Waals surface area contributed by atoms with Crippen molar-refractivity contribution in [3.05, 3.63) is 29.8 Å². The van der Waals surface area contributed by atoms with E-state index in [0.717, 1.165) is 25.3 Å². The summed E-state index contributed by atoms with van der Waals surface area (Å²) in [6.45, 7) is 2.22. The van der Waals surface area contributed by atoms with E-state index in [1.165, 1.54) is 82.1 Å². The van der Waals surface area contributed by atoms with Gasteiger partial charge in [0.05, 0.1) is 0 Å². The monoisotopic (exact) mass is 592 g/mol. The van der Waals surface area contributed by atoms with Crippen molar-refractivity contribution >= 4 is 24.0 Å². The molecule has 0 amide bonds. The molecule has 2 rings (SSSR count). The zero-order valence-corrected chi connectivity index (χ0v) is 24.7. The molecule has 0 aliphatic heterocycles. The average Bonchev–Trinajstić information content (AvgIpc) is 2.94. The number of aliphatic carboxylic acids is 1. The number of phenols is 2. The number of ether oxygens (including phenoxy) is 2. The standard InChI is InChI=1S/C32H48O10/c1-2-3-4-5-6-7-8-9-10-11-12-13-14-15-28(35)41-26-21-32(40,31(38)39)22-27(30(26)37)42-29(36)19-17-23-16-18-24(33)25(34)20-23/h16-20,26-27,30,33-34,37,40H,2-15,21-22H2,1H3,(H,38,39)/b19-17+/t26-,27-,30-,32+/m1/s1. The van der Waals surface area contributed by atoms with Gasteiger partial charge in [-0.05, 0) is 30.2 Å². The summed E-state index contributed by atoms with van der Waals surface area (Å²) in [6, 6.07) is 3.88. The summed E-state index contributed by atoms with van der Waals surface area (Å²) in [5.41, 5.74) is -2.00.